The Morgan fingerprint density at radius 1 is 1.28 bits per heavy atom. The van der Waals surface area contributed by atoms with Crippen molar-refractivity contribution in [1.82, 2.24) is 0 Å². The fourth-order valence-electron chi connectivity index (χ4n) is 3.19. The van der Waals surface area contributed by atoms with E-state index < -0.39 is 10.0 Å². The zero-order chi connectivity index (χ0) is 18.4. The van der Waals surface area contributed by atoms with Gasteiger partial charge >= 0.3 is 0 Å². The number of amides is 1. The van der Waals surface area contributed by atoms with Crippen LogP contribution in [0.4, 0.5) is 11.4 Å². The normalized spacial score (nSPS) is 16.6. The minimum absolute atomic E-state index is 0.0154. The Hall–Kier alpha value is -1.86. The number of halogens is 1. The number of nitrogens with zero attached hydrogens (tertiary/aromatic N) is 1. The summed E-state index contributed by atoms with van der Waals surface area (Å²) in [6.07, 6.45) is 0.707. The number of nitrogens with one attached hydrogen (secondary N) is 1. The summed E-state index contributed by atoms with van der Waals surface area (Å²) in [5, 5.41) is 0. The molecule has 0 saturated carbocycles. The molecule has 7 heteroatoms. The van der Waals surface area contributed by atoms with Crippen molar-refractivity contribution in [2.45, 2.75) is 38.1 Å². The number of rotatable bonds is 3. The second-order valence-corrected chi connectivity index (χ2v) is 8.78. The summed E-state index contributed by atoms with van der Waals surface area (Å²) in [5.74, 6) is -0.0937. The summed E-state index contributed by atoms with van der Waals surface area (Å²) in [6, 6.07) is 10.6. The third-order valence-electron chi connectivity index (χ3n) is 4.37. The van der Waals surface area contributed by atoms with Gasteiger partial charge in [-0.3, -0.25) is 9.52 Å². The standard InChI is InChI=1S/C18H19BrN2O3S/c1-11-6-4-5-7-16(11)20-25(23,24)18-10-17-14(9-15(18)19)8-12(2)21(17)13(3)22/h4-7,9-10,12,20H,8H2,1-3H3/t12-/m0/s1. The summed E-state index contributed by atoms with van der Waals surface area (Å²) in [5.41, 5.74) is 2.99. The molecule has 1 aliphatic heterocycles. The summed E-state index contributed by atoms with van der Waals surface area (Å²) in [7, 11) is -3.79. The Kier molecular flexibility index (Phi) is 4.64. The molecule has 1 atom stereocenters. The molecule has 0 radical (unpaired) electrons. The van der Waals surface area contributed by atoms with Gasteiger partial charge in [0.05, 0.1) is 5.69 Å². The number of sulfonamides is 1. The molecule has 0 spiro atoms. The van der Waals surface area contributed by atoms with Crippen molar-refractivity contribution < 1.29 is 13.2 Å². The summed E-state index contributed by atoms with van der Waals surface area (Å²) in [6.45, 7) is 5.29. The molecule has 5 nitrogen and oxygen atoms in total. The van der Waals surface area contributed by atoms with Crippen LogP contribution in [0.2, 0.25) is 0 Å². The Morgan fingerprint density at radius 2 is 1.96 bits per heavy atom. The summed E-state index contributed by atoms with van der Waals surface area (Å²) in [4.78, 5) is 13.7. The smallest absolute Gasteiger partial charge is 0.263 e. The van der Waals surface area contributed by atoms with Crippen molar-refractivity contribution in [2.24, 2.45) is 0 Å². The van der Waals surface area contributed by atoms with Crippen LogP contribution in [0.5, 0.6) is 0 Å². The summed E-state index contributed by atoms with van der Waals surface area (Å²) < 4.78 is 28.9. The van der Waals surface area contributed by atoms with Crippen LogP contribution in [0.15, 0.2) is 45.8 Å². The fraction of sp³-hybridized carbons (Fsp3) is 0.278. The van der Waals surface area contributed by atoms with Crippen molar-refractivity contribution in [3.63, 3.8) is 0 Å². The van der Waals surface area contributed by atoms with Gasteiger partial charge in [-0.1, -0.05) is 18.2 Å². The van der Waals surface area contributed by atoms with Crippen molar-refractivity contribution in [1.29, 1.82) is 0 Å². The second kappa shape index (κ2) is 6.46. The topological polar surface area (TPSA) is 66.5 Å². The van der Waals surface area contributed by atoms with Gasteiger partial charge in [-0.25, -0.2) is 8.42 Å². The predicted molar refractivity (Wildman–Crippen MR) is 102 cm³/mol. The van der Waals surface area contributed by atoms with E-state index in [1.54, 1.807) is 29.2 Å². The number of carbonyl (C=O) groups is 1. The summed E-state index contributed by atoms with van der Waals surface area (Å²) >= 11 is 3.37. The zero-order valence-electron chi connectivity index (χ0n) is 14.2. The minimum Gasteiger partial charge on any atom is -0.309 e. The first-order chi connectivity index (χ1) is 11.7. The first kappa shape index (κ1) is 17.9. The SMILES string of the molecule is CC(=O)N1c2cc(S(=O)(=O)Nc3ccccc3C)c(Br)cc2C[C@@H]1C. The predicted octanol–water partition coefficient (Wildman–Crippen LogP) is 3.86. The Morgan fingerprint density at radius 3 is 2.60 bits per heavy atom. The first-order valence-corrected chi connectivity index (χ1v) is 10.2. The number of aryl methyl sites for hydroxylation is 1. The van der Waals surface area contributed by atoms with Crippen LogP contribution in [0.3, 0.4) is 0 Å². The molecular formula is C18H19BrN2O3S. The van der Waals surface area contributed by atoms with Gasteiger partial charge in [-0.15, -0.1) is 0 Å². The zero-order valence-corrected chi connectivity index (χ0v) is 16.6. The molecule has 0 saturated heterocycles. The maximum atomic E-state index is 12.9. The highest BCUT2D eigenvalue weighted by atomic mass is 79.9. The van der Waals surface area contributed by atoms with Crippen LogP contribution in [0, 0.1) is 6.92 Å². The van der Waals surface area contributed by atoms with E-state index in [0.29, 0.717) is 22.3 Å². The Bertz CT molecular complexity index is 957. The highest BCUT2D eigenvalue weighted by molar-refractivity contribution is 9.10. The molecule has 2 aromatic rings. The van der Waals surface area contributed by atoms with E-state index in [-0.39, 0.29) is 16.8 Å². The monoisotopic (exact) mass is 422 g/mol. The number of para-hydroxylation sites is 1. The lowest BCUT2D eigenvalue weighted by atomic mass is 10.1. The van der Waals surface area contributed by atoms with Crippen molar-refractivity contribution in [3.8, 4) is 0 Å². The fourth-order valence-corrected chi connectivity index (χ4v) is 5.43. The molecule has 0 aliphatic carbocycles. The average molecular weight is 423 g/mol. The lowest BCUT2D eigenvalue weighted by molar-refractivity contribution is -0.116. The number of carbonyl (C=O) groups excluding carboxylic acids is 1. The van der Waals surface area contributed by atoms with Gasteiger partial charge in [0, 0.05) is 23.1 Å². The number of hydrogen-bond acceptors (Lipinski definition) is 3. The van der Waals surface area contributed by atoms with Gasteiger partial charge < -0.3 is 4.90 Å². The van der Waals surface area contributed by atoms with E-state index in [0.717, 1.165) is 11.1 Å². The quantitative estimate of drug-likeness (QED) is 0.816. The molecule has 1 N–H and O–H groups in total. The van der Waals surface area contributed by atoms with E-state index in [9.17, 15) is 13.2 Å². The van der Waals surface area contributed by atoms with Crippen LogP contribution in [0.25, 0.3) is 0 Å². The number of anilines is 2. The van der Waals surface area contributed by atoms with E-state index in [1.807, 2.05) is 26.0 Å². The lowest BCUT2D eigenvalue weighted by Gasteiger charge is -2.21. The molecule has 0 unspecified atom stereocenters. The van der Waals surface area contributed by atoms with Gasteiger partial charge in [-0.2, -0.15) is 0 Å². The molecule has 1 heterocycles. The molecular weight excluding hydrogens is 404 g/mol. The molecule has 132 valence electrons. The molecule has 3 rings (SSSR count). The van der Waals surface area contributed by atoms with Gasteiger partial charge in [0.25, 0.3) is 10.0 Å². The Labute approximate surface area is 156 Å². The maximum absolute atomic E-state index is 12.9. The minimum atomic E-state index is -3.79. The first-order valence-electron chi connectivity index (χ1n) is 7.91. The Balaban J connectivity index is 2.06. The number of fused-ring (bicyclic) bond motifs is 1. The molecule has 1 amide bonds. The van der Waals surface area contributed by atoms with Gasteiger partial charge in [0.15, 0.2) is 0 Å². The third kappa shape index (κ3) is 3.30. The molecule has 1 aliphatic rings. The van der Waals surface area contributed by atoms with Crippen molar-refractivity contribution in [3.05, 3.63) is 52.0 Å². The highest BCUT2D eigenvalue weighted by Gasteiger charge is 2.32. The molecule has 0 aromatic heterocycles. The van der Waals surface area contributed by atoms with Gasteiger partial charge in [0.1, 0.15) is 4.90 Å². The second-order valence-electron chi connectivity index (χ2n) is 6.27. The van der Waals surface area contributed by atoms with Crippen LogP contribution in [0.1, 0.15) is 25.0 Å². The highest BCUT2D eigenvalue weighted by Crippen LogP contribution is 2.38. The third-order valence-corrected chi connectivity index (χ3v) is 6.69. The molecule has 0 fully saturated rings. The van der Waals surface area contributed by atoms with Crippen LogP contribution in [-0.2, 0) is 21.2 Å². The largest absolute Gasteiger partial charge is 0.309 e. The van der Waals surface area contributed by atoms with Gasteiger partial charge in [0.2, 0.25) is 5.91 Å². The molecule has 25 heavy (non-hydrogen) atoms. The molecule has 2 aromatic carbocycles. The number of benzene rings is 2. The van der Waals surface area contributed by atoms with Crippen LogP contribution >= 0.6 is 15.9 Å². The van der Waals surface area contributed by atoms with E-state index in [1.165, 1.54) is 6.92 Å². The number of hydrogen-bond donors (Lipinski definition) is 1. The van der Waals surface area contributed by atoms with E-state index >= 15 is 0 Å². The van der Waals surface area contributed by atoms with E-state index in [2.05, 4.69) is 20.7 Å². The molecule has 0 bridgehead atoms. The lowest BCUT2D eigenvalue weighted by Crippen LogP contribution is -2.33. The maximum Gasteiger partial charge on any atom is 0.263 e. The van der Waals surface area contributed by atoms with Crippen LogP contribution in [-0.4, -0.2) is 20.4 Å². The average Bonchev–Trinajstić information content (AvgIpc) is 2.83. The van der Waals surface area contributed by atoms with Gasteiger partial charge in [-0.05, 0) is 65.5 Å². The van der Waals surface area contributed by atoms with Crippen molar-refractivity contribution >= 4 is 43.2 Å². The van der Waals surface area contributed by atoms with E-state index in [4.69, 9.17) is 0 Å². The van der Waals surface area contributed by atoms with Crippen molar-refractivity contribution in [2.75, 3.05) is 9.62 Å². The van der Waals surface area contributed by atoms with Crippen LogP contribution < -0.4 is 9.62 Å².